The number of esters is 2. The van der Waals surface area contributed by atoms with E-state index in [0.29, 0.717) is 22.6 Å². The number of nitrogens with zero attached hydrogens (tertiary/aromatic N) is 1. The van der Waals surface area contributed by atoms with Crippen LogP contribution in [0.15, 0.2) is 53.4 Å². The highest BCUT2D eigenvalue weighted by atomic mass is 32.2. The van der Waals surface area contributed by atoms with Gasteiger partial charge in [0.25, 0.3) is 5.69 Å². The van der Waals surface area contributed by atoms with Crippen molar-refractivity contribution in [1.29, 1.82) is 0 Å². The Morgan fingerprint density at radius 2 is 1.83 bits per heavy atom. The smallest absolute Gasteiger partial charge is 0.336 e. The molecule has 8 nitrogen and oxygen atoms in total. The number of carbonyl (C=O) groups excluding carboxylic acids is 2. The fraction of sp³-hybridized carbons (Fsp3) is 0.300. The van der Waals surface area contributed by atoms with Gasteiger partial charge in [0.1, 0.15) is 5.75 Å². The van der Waals surface area contributed by atoms with Crippen LogP contribution in [0, 0.1) is 10.1 Å². The first-order valence-corrected chi connectivity index (χ1v) is 9.74. The zero-order valence-electron chi connectivity index (χ0n) is 15.9. The van der Waals surface area contributed by atoms with Crippen molar-refractivity contribution in [1.82, 2.24) is 0 Å². The predicted octanol–water partition coefficient (Wildman–Crippen LogP) is 3.67. The molecule has 9 heteroatoms. The summed E-state index contributed by atoms with van der Waals surface area (Å²) in [5.74, 6) is -0.988. The third-order valence-corrected chi connectivity index (χ3v) is 5.15. The quantitative estimate of drug-likeness (QED) is 0.215. The van der Waals surface area contributed by atoms with Crippen LogP contribution in [0.1, 0.15) is 31.1 Å². The normalized spacial score (nSPS) is 12.7. The Hall–Kier alpha value is -2.91. The molecule has 154 valence electrons. The highest BCUT2D eigenvalue weighted by Crippen LogP contribution is 2.42. The summed E-state index contributed by atoms with van der Waals surface area (Å²) in [6, 6.07) is 12.3. The van der Waals surface area contributed by atoms with Crippen LogP contribution in [0.3, 0.4) is 0 Å². The van der Waals surface area contributed by atoms with Gasteiger partial charge in [0.05, 0.1) is 21.7 Å². The minimum Gasteiger partial charge on any atom is -0.464 e. The molecular formula is C20H21NO7S. The van der Waals surface area contributed by atoms with Crippen LogP contribution in [0.2, 0.25) is 0 Å². The number of rotatable bonds is 9. The molecule has 0 spiro atoms. The van der Waals surface area contributed by atoms with Gasteiger partial charge in [0.15, 0.2) is 6.10 Å². The molecule has 2 rings (SSSR count). The topological polar surface area (TPSA) is 116 Å². The minimum absolute atomic E-state index is 0.131. The van der Waals surface area contributed by atoms with E-state index in [1.165, 1.54) is 31.2 Å². The van der Waals surface area contributed by atoms with Crippen molar-refractivity contribution in [2.24, 2.45) is 0 Å². The van der Waals surface area contributed by atoms with Crippen LogP contribution in [-0.4, -0.2) is 34.7 Å². The lowest BCUT2D eigenvalue weighted by molar-refractivity contribution is -0.387. The van der Waals surface area contributed by atoms with E-state index >= 15 is 0 Å². The molecule has 0 bridgehead atoms. The van der Waals surface area contributed by atoms with Gasteiger partial charge in [-0.3, -0.25) is 14.9 Å². The molecule has 0 amide bonds. The van der Waals surface area contributed by atoms with Crippen LogP contribution >= 0.6 is 11.8 Å². The standard InChI is InChI=1S/C20H21NO7S/c1-3-12-27-20(24)18(23)19(14-8-10-15(11-9-14)28-13(2)22)29-17-7-5-4-6-16(17)21(25)26/h4-11,18-19,23H,3,12H2,1-2H3. The fourth-order valence-electron chi connectivity index (χ4n) is 2.46. The summed E-state index contributed by atoms with van der Waals surface area (Å²) in [6.45, 7) is 3.26. The van der Waals surface area contributed by atoms with E-state index in [4.69, 9.17) is 9.47 Å². The number of ether oxygens (including phenoxy) is 2. The molecule has 0 aromatic heterocycles. The molecule has 0 saturated heterocycles. The van der Waals surface area contributed by atoms with E-state index in [9.17, 15) is 24.8 Å². The monoisotopic (exact) mass is 419 g/mol. The molecule has 0 aliphatic carbocycles. The summed E-state index contributed by atoms with van der Waals surface area (Å²) in [5, 5.41) is 21.1. The first kappa shape index (κ1) is 22.4. The van der Waals surface area contributed by atoms with E-state index in [1.807, 2.05) is 6.92 Å². The molecule has 0 aliphatic rings. The predicted molar refractivity (Wildman–Crippen MR) is 107 cm³/mol. The summed E-state index contributed by atoms with van der Waals surface area (Å²) in [5.41, 5.74) is 0.387. The van der Waals surface area contributed by atoms with E-state index in [1.54, 1.807) is 24.3 Å². The molecule has 0 fully saturated rings. The molecule has 2 atom stereocenters. The van der Waals surface area contributed by atoms with Crippen LogP contribution in [0.4, 0.5) is 5.69 Å². The second-order valence-electron chi connectivity index (χ2n) is 6.04. The number of nitro benzene ring substituents is 1. The molecule has 2 aromatic rings. The number of aliphatic hydroxyl groups excluding tert-OH is 1. The van der Waals surface area contributed by atoms with Crippen LogP contribution in [0.5, 0.6) is 5.75 Å². The third kappa shape index (κ3) is 6.30. The minimum atomic E-state index is -1.55. The number of carbonyl (C=O) groups is 2. The molecule has 2 aromatic carbocycles. The van der Waals surface area contributed by atoms with Crippen molar-refractivity contribution in [3.63, 3.8) is 0 Å². The maximum atomic E-state index is 12.2. The molecule has 1 N–H and O–H groups in total. The van der Waals surface area contributed by atoms with Crippen molar-refractivity contribution in [3.05, 3.63) is 64.2 Å². The van der Waals surface area contributed by atoms with Crippen LogP contribution in [0.25, 0.3) is 0 Å². The lowest BCUT2D eigenvalue weighted by atomic mass is 10.1. The first-order chi connectivity index (χ1) is 13.8. The zero-order valence-corrected chi connectivity index (χ0v) is 16.8. The maximum absolute atomic E-state index is 12.2. The number of thioether (sulfide) groups is 1. The summed E-state index contributed by atoms with van der Waals surface area (Å²) < 4.78 is 10.0. The number of aliphatic hydroxyl groups is 1. The van der Waals surface area contributed by atoms with Crippen molar-refractivity contribution in [2.45, 2.75) is 36.5 Å². The number of hydrogen-bond donors (Lipinski definition) is 1. The van der Waals surface area contributed by atoms with Gasteiger partial charge >= 0.3 is 11.9 Å². The van der Waals surface area contributed by atoms with E-state index in [-0.39, 0.29) is 12.3 Å². The largest absolute Gasteiger partial charge is 0.464 e. The molecule has 0 saturated carbocycles. The average Bonchev–Trinajstić information content (AvgIpc) is 2.70. The molecular weight excluding hydrogens is 398 g/mol. The first-order valence-electron chi connectivity index (χ1n) is 8.86. The molecule has 0 heterocycles. The van der Waals surface area contributed by atoms with Gasteiger partial charge in [0.2, 0.25) is 0 Å². The number of hydrogen-bond acceptors (Lipinski definition) is 8. The van der Waals surface area contributed by atoms with Gasteiger partial charge < -0.3 is 14.6 Å². The summed E-state index contributed by atoms with van der Waals surface area (Å²) >= 11 is 0.986. The zero-order chi connectivity index (χ0) is 21.4. The van der Waals surface area contributed by atoms with Gasteiger partial charge in [-0.05, 0) is 30.2 Å². The highest BCUT2D eigenvalue weighted by Gasteiger charge is 2.32. The van der Waals surface area contributed by atoms with Gasteiger partial charge in [-0.1, -0.05) is 31.2 Å². The molecule has 0 radical (unpaired) electrons. The van der Waals surface area contributed by atoms with Crippen LogP contribution < -0.4 is 4.74 Å². The van der Waals surface area contributed by atoms with Gasteiger partial charge in [-0.15, -0.1) is 11.8 Å². The number of benzene rings is 2. The summed E-state index contributed by atoms with van der Waals surface area (Å²) in [6.07, 6.45) is -0.955. The van der Waals surface area contributed by atoms with Gasteiger partial charge in [0, 0.05) is 13.0 Å². The molecule has 2 unspecified atom stereocenters. The van der Waals surface area contributed by atoms with E-state index < -0.39 is 28.2 Å². The fourth-order valence-corrected chi connectivity index (χ4v) is 3.69. The second-order valence-corrected chi connectivity index (χ2v) is 7.22. The number of para-hydroxylation sites is 1. The van der Waals surface area contributed by atoms with Crippen molar-refractivity contribution >= 4 is 29.4 Å². The Bertz CT molecular complexity index is 869. The van der Waals surface area contributed by atoms with Crippen LogP contribution in [-0.2, 0) is 14.3 Å². The number of nitro groups is 1. The van der Waals surface area contributed by atoms with Crippen molar-refractivity contribution < 1.29 is 29.1 Å². The molecule has 29 heavy (non-hydrogen) atoms. The Kier molecular flexibility index (Phi) is 8.17. The molecule has 0 aliphatic heterocycles. The average molecular weight is 419 g/mol. The SMILES string of the molecule is CCCOC(=O)C(O)C(Sc1ccccc1[N+](=O)[O-])c1ccc(OC(C)=O)cc1. The Morgan fingerprint density at radius 1 is 1.17 bits per heavy atom. The Labute approximate surface area is 172 Å². The van der Waals surface area contributed by atoms with E-state index in [0.717, 1.165) is 11.8 Å². The summed E-state index contributed by atoms with van der Waals surface area (Å²) in [7, 11) is 0. The van der Waals surface area contributed by atoms with Crippen molar-refractivity contribution in [2.75, 3.05) is 6.61 Å². The lowest BCUT2D eigenvalue weighted by Gasteiger charge is -2.22. The summed E-state index contributed by atoms with van der Waals surface area (Å²) in [4.78, 5) is 34.4. The van der Waals surface area contributed by atoms with Gasteiger partial charge in [-0.2, -0.15) is 0 Å². The Morgan fingerprint density at radius 3 is 2.41 bits per heavy atom. The highest BCUT2D eigenvalue weighted by molar-refractivity contribution is 7.99. The second kappa shape index (κ2) is 10.6. The maximum Gasteiger partial charge on any atom is 0.336 e. The third-order valence-electron chi connectivity index (χ3n) is 3.76. The lowest BCUT2D eigenvalue weighted by Crippen LogP contribution is -2.28. The van der Waals surface area contributed by atoms with Crippen molar-refractivity contribution in [3.8, 4) is 5.75 Å². The van der Waals surface area contributed by atoms with E-state index in [2.05, 4.69) is 0 Å². The Balaban J connectivity index is 2.37. The van der Waals surface area contributed by atoms with Gasteiger partial charge in [-0.25, -0.2) is 4.79 Å².